The number of amides is 1. The zero-order valence-corrected chi connectivity index (χ0v) is 13.8. The minimum absolute atomic E-state index is 0.0250. The highest BCUT2D eigenvalue weighted by Crippen LogP contribution is 2.21. The fourth-order valence-corrected chi connectivity index (χ4v) is 2.17. The first-order valence-electron chi connectivity index (χ1n) is 7.36. The molecule has 1 rings (SSSR count). The van der Waals surface area contributed by atoms with Gasteiger partial charge >= 0.3 is 0 Å². The summed E-state index contributed by atoms with van der Waals surface area (Å²) in [5.41, 5.74) is 0.612. The lowest BCUT2D eigenvalue weighted by Gasteiger charge is -2.27. The molecule has 0 heterocycles. The van der Waals surface area contributed by atoms with Crippen LogP contribution in [0.4, 0.5) is 0 Å². The number of benzene rings is 1. The van der Waals surface area contributed by atoms with Gasteiger partial charge in [0.25, 0.3) is 0 Å². The van der Waals surface area contributed by atoms with Crippen LogP contribution in [-0.2, 0) is 9.53 Å². The number of nitrogens with one attached hydrogen (secondary N) is 1. The van der Waals surface area contributed by atoms with E-state index in [1.54, 1.807) is 7.11 Å². The highest BCUT2D eigenvalue weighted by atomic mass is 16.5. The second-order valence-electron chi connectivity index (χ2n) is 6.35. The number of carbonyl (C=O) groups excluding carboxylic acids is 1. The molecule has 0 spiro atoms. The highest BCUT2D eigenvalue weighted by molar-refractivity contribution is 5.82. The second-order valence-corrected chi connectivity index (χ2v) is 6.35. The number of hydrogen-bond donors (Lipinski definition) is 1. The minimum atomic E-state index is -0.528. The average molecular weight is 292 g/mol. The molecular weight excluding hydrogens is 264 g/mol. The standard InChI is InChI=1S/C17H28N2O2/c1-17(2,13-21-5)16(20)18-15(11-12-19(3)4)14-9-7-6-8-10-14/h6-10,15H,11-13H2,1-5H3,(H,18,20)/t15-/m0/s1. The molecule has 4 nitrogen and oxygen atoms in total. The van der Waals surface area contributed by atoms with Crippen LogP contribution in [0.2, 0.25) is 0 Å². The van der Waals surface area contributed by atoms with E-state index in [0.717, 1.165) is 18.5 Å². The van der Waals surface area contributed by atoms with Gasteiger partial charge < -0.3 is 15.0 Å². The van der Waals surface area contributed by atoms with Crippen molar-refractivity contribution in [1.29, 1.82) is 0 Å². The summed E-state index contributed by atoms with van der Waals surface area (Å²) in [6.45, 7) is 5.14. The van der Waals surface area contributed by atoms with Crippen molar-refractivity contribution in [1.82, 2.24) is 10.2 Å². The summed E-state index contributed by atoms with van der Waals surface area (Å²) in [5.74, 6) is 0.0250. The molecule has 0 aliphatic heterocycles. The maximum absolute atomic E-state index is 12.5. The van der Waals surface area contributed by atoms with Gasteiger partial charge in [0.15, 0.2) is 0 Å². The Morgan fingerprint density at radius 2 is 1.90 bits per heavy atom. The van der Waals surface area contributed by atoms with Gasteiger partial charge in [0.2, 0.25) is 5.91 Å². The predicted molar refractivity (Wildman–Crippen MR) is 86.2 cm³/mol. The number of hydrogen-bond acceptors (Lipinski definition) is 3. The van der Waals surface area contributed by atoms with Gasteiger partial charge in [-0.15, -0.1) is 0 Å². The van der Waals surface area contributed by atoms with E-state index in [2.05, 4.69) is 22.3 Å². The highest BCUT2D eigenvalue weighted by Gasteiger charge is 2.29. The summed E-state index contributed by atoms with van der Waals surface area (Å²) >= 11 is 0. The van der Waals surface area contributed by atoms with E-state index in [4.69, 9.17) is 4.74 Å². The Labute approximate surface area is 128 Å². The van der Waals surface area contributed by atoms with E-state index in [0.29, 0.717) is 6.61 Å². The lowest BCUT2D eigenvalue weighted by Crippen LogP contribution is -2.42. The average Bonchev–Trinajstić information content (AvgIpc) is 2.43. The number of carbonyl (C=O) groups is 1. The zero-order chi connectivity index (χ0) is 15.9. The fourth-order valence-electron chi connectivity index (χ4n) is 2.17. The summed E-state index contributed by atoms with van der Waals surface area (Å²) < 4.78 is 5.14. The smallest absolute Gasteiger partial charge is 0.228 e. The predicted octanol–water partition coefficient (Wildman–Crippen LogP) is 2.47. The molecule has 0 saturated carbocycles. The van der Waals surface area contributed by atoms with Crippen LogP contribution >= 0.6 is 0 Å². The number of ether oxygens (including phenoxy) is 1. The summed E-state index contributed by atoms with van der Waals surface area (Å²) in [6.07, 6.45) is 0.881. The second kappa shape index (κ2) is 8.15. The van der Waals surface area contributed by atoms with Crippen molar-refractivity contribution in [3.05, 3.63) is 35.9 Å². The maximum atomic E-state index is 12.5. The Kier molecular flexibility index (Phi) is 6.85. The lowest BCUT2D eigenvalue weighted by atomic mass is 9.92. The summed E-state index contributed by atoms with van der Waals surface area (Å²) in [5, 5.41) is 3.17. The van der Waals surface area contributed by atoms with Crippen molar-refractivity contribution in [2.75, 3.05) is 34.4 Å². The zero-order valence-electron chi connectivity index (χ0n) is 13.8. The van der Waals surface area contributed by atoms with Crippen LogP contribution in [0.1, 0.15) is 31.9 Å². The van der Waals surface area contributed by atoms with Crippen molar-refractivity contribution >= 4 is 5.91 Å². The fraction of sp³-hybridized carbons (Fsp3) is 0.588. The van der Waals surface area contributed by atoms with E-state index >= 15 is 0 Å². The van der Waals surface area contributed by atoms with Crippen LogP contribution < -0.4 is 5.32 Å². The van der Waals surface area contributed by atoms with Gasteiger partial charge in [-0.05, 0) is 46.5 Å². The molecular formula is C17H28N2O2. The molecule has 0 aliphatic rings. The third-order valence-corrected chi connectivity index (χ3v) is 3.49. The van der Waals surface area contributed by atoms with Crippen LogP contribution in [0.15, 0.2) is 30.3 Å². The van der Waals surface area contributed by atoms with E-state index in [9.17, 15) is 4.79 Å². The first-order chi connectivity index (χ1) is 9.86. The molecule has 0 bridgehead atoms. The number of rotatable bonds is 8. The van der Waals surface area contributed by atoms with Crippen LogP contribution in [0, 0.1) is 5.41 Å². The maximum Gasteiger partial charge on any atom is 0.228 e. The molecule has 0 saturated heterocycles. The van der Waals surface area contributed by atoms with Crippen LogP contribution in [0.3, 0.4) is 0 Å². The van der Waals surface area contributed by atoms with Crippen LogP contribution in [0.5, 0.6) is 0 Å². The first kappa shape index (κ1) is 17.7. The van der Waals surface area contributed by atoms with Crippen molar-refractivity contribution in [3.63, 3.8) is 0 Å². The van der Waals surface area contributed by atoms with Crippen molar-refractivity contribution in [2.24, 2.45) is 5.41 Å². The quantitative estimate of drug-likeness (QED) is 0.800. The normalized spacial score (nSPS) is 13.2. The lowest BCUT2D eigenvalue weighted by molar-refractivity contribution is -0.132. The molecule has 1 N–H and O–H groups in total. The topological polar surface area (TPSA) is 41.6 Å². The van der Waals surface area contributed by atoms with E-state index in [1.807, 2.05) is 46.1 Å². The van der Waals surface area contributed by atoms with Crippen LogP contribution in [0.25, 0.3) is 0 Å². The third-order valence-electron chi connectivity index (χ3n) is 3.49. The van der Waals surface area contributed by atoms with Crippen molar-refractivity contribution < 1.29 is 9.53 Å². The first-order valence-corrected chi connectivity index (χ1v) is 7.36. The van der Waals surface area contributed by atoms with E-state index in [-0.39, 0.29) is 11.9 Å². The minimum Gasteiger partial charge on any atom is -0.384 e. The van der Waals surface area contributed by atoms with Gasteiger partial charge in [0.1, 0.15) is 0 Å². The monoisotopic (exact) mass is 292 g/mol. The van der Waals surface area contributed by atoms with Gasteiger partial charge in [-0.25, -0.2) is 0 Å². The van der Waals surface area contributed by atoms with Gasteiger partial charge in [0.05, 0.1) is 18.1 Å². The Hall–Kier alpha value is -1.39. The van der Waals surface area contributed by atoms with Gasteiger partial charge in [0, 0.05) is 7.11 Å². The van der Waals surface area contributed by atoms with Crippen LogP contribution in [-0.4, -0.2) is 45.2 Å². The SMILES string of the molecule is COCC(C)(C)C(=O)N[C@@H](CCN(C)C)c1ccccc1. The third kappa shape index (κ3) is 5.86. The molecule has 0 aromatic heterocycles. The summed E-state index contributed by atoms with van der Waals surface area (Å²) in [7, 11) is 5.70. The van der Waals surface area contributed by atoms with Gasteiger partial charge in [-0.1, -0.05) is 30.3 Å². The van der Waals surface area contributed by atoms with Crippen molar-refractivity contribution in [3.8, 4) is 0 Å². The summed E-state index contributed by atoms with van der Waals surface area (Å²) in [4.78, 5) is 14.6. The molecule has 0 radical (unpaired) electrons. The molecule has 21 heavy (non-hydrogen) atoms. The molecule has 0 fully saturated rings. The molecule has 1 atom stereocenters. The molecule has 0 unspecified atom stereocenters. The Bertz CT molecular complexity index is 430. The van der Waals surface area contributed by atoms with E-state index in [1.165, 1.54) is 0 Å². The molecule has 0 aliphatic carbocycles. The molecule has 1 aromatic rings. The Morgan fingerprint density at radius 1 is 1.29 bits per heavy atom. The van der Waals surface area contributed by atoms with E-state index < -0.39 is 5.41 Å². The Morgan fingerprint density at radius 3 is 2.43 bits per heavy atom. The number of methoxy groups -OCH3 is 1. The molecule has 1 amide bonds. The largest absolute Gasteiger partial charge is 0.384 e. The summed E-state index contributed by atoms with van der Waals surface area (Å²) in [6, 6.07) is 10.1. The van der Waals surface area contributed by atoms with Gasteiger partial charge in [-0.3, -0.25) is 4.79 Å². The molecule has 4 heteroatoms. The molecule has 118 valence electrons. The van der Waals surface area contributed by atoms with Crippen molar-refractivity contribution in [2.45, 2.75) is 26.3 Å². The number of nitrogens with zero attached hydrogens (tertiary/aromatic N) is 1. The molecule has 1 aromatic carbocycles. The Balaban J connectivity index is 2.80. The van der Waals surface area contributed by atoms with Gasteiger partial charge in [-0.2, -0.15) is 0 Å².